The van der Waals surface area contributed by atoms with E-state index >= 15 is 0 Å². The zero-order valence-corrected chi connectivity index (χ0v) is 42.3. The summed E-state index contributed by atoms with van der Waals surface area (Å²) in [7, 11) is 0. The van der Waals surface area contributed by atoms with Crippen LogP contribution in [0.2, 0.25) is 0 Å². The molecule has 6 nitrogen and oxygen atoms in total. The topological polar surface area (TPSA) is 95.9 Å². The quantitative estimate of drug-likeness (QED) is 0.0321. The van der Waals surface area contributed by atoms with Gasteiger partial charge in [0.2, 0.25) is 5.91 Å². The Morgan fingerprint density at radius 2 is 0.746 bits per heavy atom. The normalized spacial score (nSPS) is 12.8. The third-order valence-electron chi connectivity index (χ3n) is 13.0. The third kappa shape index (κ3) is 49.6. The summed E-state index contributed by atoms with van der Waals surface area (Å²) in [5.74, 6) is -0.0682. The number of aliphatic hydroxyl groups excluding tert-OH is 2. The number of rotatable bonds is 52. The summed E-state index contributed by atoms with van der Waals surface area (Å²) in [6.07, 6.45) is 63.5. The number of carbonyl (C=O) groups is 2. The average molecular weight is 889 g/mol. The van der Waals surface area contributed by atoms with Gasteiger partial charge in [-0.25, -0.2) is 0 Å². The molecule has 0 aliphatic carbocycles. The van der Waals surface area contributed by atoms with Crippen molar-refractivity contribution in [1.29, 1.82) is 0 Å². The number of hydrogen-bond donors (Lipinski definition) is 3. The first-order valence-electron chi connectivity index (χ1n) is 28.1. The van der Waals surface area contributed by atoms with E-state index in [9.17, 15) is 19.8 Å². The van der Waals surface area contributed by atoms with E-state index in [2.05, 4.69) is 31.3 Å². The molecule has 0 aromatic carbocycles. The summed E-state index contributed by atoms with van der Waals surface area (Å²) in [6.45, 7) is 4.87. The molecule has 0 aromatic heterocycles. The maximum Gasteiger partial charge on any atom is 0.305 e. The fraction of sp³-hybridized carbons (Fsp3) is 0.895. The molecule has 0 aliphatic heterocycles. The highest BCUT2D eigenvalue weighted by Gasteiger charge is 2.18. The predicted molar refractivity (Wildman–Crippen MR) is 273 cm³/mol. The molecule has 2 atom stereocenters. The van der Waals surface area contributed by atoms with Crippen molar-refractivity contribution in [2.45, 2.75) is 315 Å². The molecule has 0 radical (unpaired) electrons. The van der Waals surface area contributed by atoms with Crippen LogP contribution in [0, 0.1) is 0 Å². The molecule has 0 rings (SSSR count). The molecule has 1 amide bonds. The summed E-state index contributed by atoms with van der Waals surface area (Å²) in [5, 5.41) is 22.9. The van der Waals surface area contributed by atoms with Gasteiger partial charge < -0.3 is 20.3 Å². The van der Waals surface area contributed by atoms with Crippen molar-refractivity contribution in [3.63, 3.8) is 0 Å². The van der Waals surface area contributed by atoms with E-state index in [4.69, 9.17) is 4.74 Å². The highest BCUT2D eigenvalue weighted by molar-refractivity contribution is 5.76. The molecule has 0 aromatic rings. The van der Waals surface area contributed by atoms with Crippen LogP contribution < -0.4 is 5.32 Å². The molecule has 0 heterocycles. The molecule has 0 spiro atoms. The number of nitrogens with one attached hydrogen (secondary N) is 1. The third-order valence-corrected chi connectivity index (χ3v) is 13.0. The second-order valence-corrected chi connectivity index (χ2v) is 19.3. The van der Waals surface area contributed by atoms with E-state index in [0.29, 0.717) is 19.4 Å². The van der Waals surface area contributed by atoms with Crippen molar-refractivity contribution in [2.24, 2.45) is 0 Å². The minimum Gasteiger partial charge on any atom is -0.466 e. The number of allylic oxidation sites excluding steroid dienone is 3. The summed E-state index contributed by atoms with van der Waals surface area (Å²) in [6, 6.07) is -0.627. The van der Waals surface area contributed by atoms with Gasteiger partial charge in [-0.2, -0.15) is 0 Å². The molecular weight excluding hydrogens is 779 g/mol. The lowest BCUT2D eigenvalue weighted by molar-refractivity contribution is -0.143. The fourth-order valence-corrected chi connectivity index (χ4v) is 8.63. The molecule has 372 valence electrons. The predicted octanol–water partition coefficient (Wildman–Crippen LogP) is 17.1. The van der Waals surface area contributed by atoms with E-state index in [-0.39, 0.29) is 18.5 Å². The molecule has 0 saturated carbocycles. The zero-order chi connectivity index (χ0) is 45.8. The van der Waals surface area contributed by atoms with Crippen molar-refractivity contribution in [1.82, 2.24) is 5.32 Å². The highest BCUT2D eigenvalue weighted by atomic mass is 16.5. The van der Waals surface area contributed by atoms with Gasteiger partial charge in [-0.3, -0.25) is 9.59 Å². The number of hydrogen-bond acceptors (Lipinski definition) is 5. The van der Waals surface area contributed by atoms with Crippen LogP contribution >= 0.6 is 0 Å². The maximum absolute atomic E-state index is 12.4. The van der Waals surface area contributed by atoms with Crippen molar-refractivity contribution in [3.05, 3.63) is 24.3 Å². The van der Waals surface area contributed by atoms with Gasteiger partial charge in [0.25, 0.3) is 0 Å². The van der Waals surface area contributed by atoms with Gasteiger partial charge in [0, 0.05) is 12.8 Å². The number of aliphatic hydroxyl groups is 2. The lowest BCUT2D eigenvalue weighted by Gasteiger charge is -2.20. The Labute approximate surface area is 392 Å². The van der Waals surface area contributed by atoms with Crippen LogP contribution in [0.4, 0.5) is 0 Å². The van der Waals surface area contributed by atoms with Crippen LogP contribution in [0.25, 0.3) is 0 Å². The Balaban J connectivity index is 3.37. The largest absolute Gasteiger partial charge is 0.466 e. The summed E-state index contributed by atoms with van der Waals surface area (Å²) in [5.41, 5.74) is 0. The number of carbonyl (C=O) groups excluding carboxylic acids is 2. The Kier molecular flexibility index (Phi) is 51.6. The molecule has 0 aliphatic rings. The average Bonchev–Trinajstić information content (AvgIpc) is 3.28. The van der Waals surface area contributed by atoms with E-state index in [1.165, 1.54) is 231 Å². The van der Waals surface area contributed by atoms with Crippen LogP contribution in [0.5, 0.6) is 0 Å². The molecule has 0 saturated heterocycles. The standard InChI is InChI=1S/C57H109NO5/c1-3-5-7-9-11-13-14-15-16-17-22-25-28-31-35-39-43-47-51-57(62)63-52-48-44-40-36-32-29-26-23-20-18-19-21-24-27-30-34-38-42-46-50-56(61)58-54(53-59)55(60)49-45-41-37-33-12-10-8-6-4-2/h16-17,45,49,54-55,59-60H,3-15,18-44,46-48,50-53H2,1-2H3,(H,58,61)/b17-16-,49-45+. The molecule has 0 fully saturated rings. The maximum atomic E-state index is 12.4. The summed E-state index contributed by atoms with van der Waals surface area (Å²) >= 11 is 0. The van der Waals surface area contributed by atoms with Crippen molar-refractivity contribution < 1.29 is 24.5 Å². The summed E-state index contributed by atoms with van der Waals surface area (Å²) in [4.78, 5) is 24.4. The van der Waals surface area contributed by atoms with Gasteiger partial charge in [-0.05, 0) is 57.8 Å². The van der Waals surface area contributed by atoms with Crippen LogP contribution in [0.15, 0.2) is 24.3 Å². The van der Waals surface area contributed by atoms with Gasteiger partial charge in [0.15, 0.2) is 0 Å². The number of ether oxygens (including phenoxy) is 1. The Bertz CT molecular complexity index is 982. The van der Waals surface area contributed by atoms with Crippen molar-refractivity contribution in [3.8, 4) is 0 Å². The van der Waals surface area contributed by atoms with Gasteiger partial charge in [-0.1, -0.05) is 256 Å². The van der Waals surface area contributed by atoms with Crippen molar-refractivity contribution in [2.75, 3.05) is 13.2 Å². The smallest absolute Gasteiger partial charge is 0.305 e. The van der Waals surface area contributed by atoms with Crippen molar-refractivity contribution >= 4 is 11.9 Å². The Hall–Kier alpha value is -1.66. The lowest BCUT2D eigenvalue weighted by Crippen LogP contribution is -2.45. The Morgan fingerprint density at radius 3 is 1.13 bits per heavy atom. The first-order chi connectivity index (χ1) is 31.0. The Morgan fingerprint density at radius 1 is 0.429 bits per heavy atom. The van der Waals surface area contributed by atoms with E-state index in [1.807, 2.05) is 6.08 Å². The monoisotopic (exact) mass is 888 g/mol. The van der Waals surface area contributed by atoms with Gasteiger partial charge in [0.05, 0.1) is 25.4 Å². The highest BCUT2D eigenvalue weighted by Crippen LogP contribution is 2.17. The molecule has 0 bridgehead atoms. The fourth-order valence-electron chi connectivity index (χ4n) is 8.63. The van der Waals surface area contributed by atoms with Crippen LogP contribution in [0.1, 0.15) is 303 Å². The number of esters is 1. The second kappa shape index (κ2) is 53.0. The molecule has 6 heteroatoms. The molecule has 2 unspecified atom stereocenters. The van der Waals surface area contributed by atoms with Crippen LogP contribution in [0.3, 0.4) is 0 Å². The second-order valence-electron chi connectivity index (χ2n) is 19.3. The lowest BCUT2D eigenvalue weighted by atomic mass is 10.0. The van der Waals surface area contributed by atoms with E-state index in [0.717, 1.165) is 44.9 Å². The SMILES string of the molecule is CCCCCCCCC/C=C\CCCCCCCCCC(=O)OCCCCCCCCCCCCCCCCCCCCCC(=O)NC(CO)C(O)/C=C/CCCCCCCCC. The first-order valence-corrected chi connectivity index (χ1v) is 28.1. The first kappa shape index (κ1) is 61.3. The van der Waals surface area contributed by atoms with Gasteiger partial charge in [-0.15, -0.1) is 0 Å². The van der Waals surface area contributed by atoms with Crippen LogP contribution in [-0.2, 0) is 14.3 Å². The minimum atomic E-state index is -0.844. The minimum absolute atomic E-state index is 0.00514. The number of amides is 1. The van der Waals surface area contributed by atoms with E-state index < -0.39 is 12.1 Å². The zero-order valence-electron chi connectivity index (χ0n) is 42.3. The van der Waals surface area contributed by atoms with E-state index in [1.54, 1.807) is 6.08 Å². The number of unbranched alkanes of at least 4 members (excludes halogenated alkanes) is 39. The molecule has 3 N–H and O–H groups in total. The van der Waals surface area contributed by atoms with Crippen LogP contribution in [-0.4, -0.2) is 47.4 Å². The molecule has 63 heavy (non-hydrogen) atoms. The molecular formula is C57H109NO5. The van der Waals surface area contributed by atoms with Gasteiger partial charge >= 0.3 is 5.97 Å². The summed E-state index contributed by atoms with van der Waals surface area (Å²) < 4.78 is 5.49. The van der Waals surface area contributed by atoms with Gasteiger partial charge in [0.1, 0.15) is 0 Å².